The van der Waals surface area contributed by atoms with Gasteiger partial charge in [-0.15, -0.1) is 0 Å². The van der Waals surface area contributed by atoms with Gasteiger partial charge >= 0.3 is 0 Å². The summed E-state index contributed by atoms with van der Waals surface area (Å²) in [7, 11) is 0. The van der Waals surface area contributed by atoms with E-state index in [1.54, 1.807) is 13.0 Å². The monoisotopic (exact) mass is 171 g/mol. The highest BCUT2D eigenvalue weighted by molar-refractivity contribution is 5.09. The van der Waals surface area contributed by atoms with E-state index < -0.39 is 4.92 Å². The number of hydrogen-bond donors (Lipinski definition) is 0. The summed E-state index contributed by atoms with van der Waals surface area (Å²) < 4.78 is 0. The molecule has 0 spiro atoms. The Bertz CT molecular complexity index is 171. The molecule has 0 radical (unpaired) electrons. The van der Waals surface area contributed by atoms with Crippen LogP contribution in [0.15, 0.2) is 23.9 Å². The molecule has 0 saturated carbocycles. The summed E-state index contributed by atoms with van der Waals surface area (Å²) in [6, 6.07) is 0. The molecule has 70 valence electrons. The largest absolute Gasteiger partial charge is 0.264 e. The fourth-order valence-electron chi connectivity index (χ4n) is 0.501. The van der Waals surface area contributed by atoms with Gasteiger partial charge in [0.1, 0.15) is 0 Å². The molecule has 12 heavy (non-hydrogen) atoms. The first-order chi connectivity index (χ1) is 5.72. The molecule has 0 N–H and O–H groups in total. The quantitative estimate of drug-likeness (QED) is 0.372. The molecule has 0 aromatic rings. The zero-order valence-corrected chi connectivity index (χ0v) is 8.20. The van der Waals surface area contributed by atoms with Crippen molar-refractivity contribution >= 4 is 0 Å². The molecule has 0 bridgehead atoms. The van der Waals surface area contributed by atoms with Crippen molar-refractivity contribution in [2.45, 2.75) is 34.1 Å². The molecule has 3 heteroatoms. The lowest BCUT2D eigenvalue weighted by molar-refractivity contribution is -0.419. The molecule has 0 aromatic carbocycles. The maximum Gasteiger partial charge on any atom is 0.264 e. The average molecular weight is 171 g/mol. The van der Waals surface area contributed by atoms with Crippen molar-refractivity contribution in [3.8, 4) is 0 Å². The van der Waals surface area contributed by atoms with E-state index in [-0.39, 0.29) is 5.70 Å². The highest BCUT2D eigenvalue weighted by atomic mass is 16.6. The molecule has 0 unspecified atom stereocenters. The Morgan fingerprint density at radius 2 is 2.00 bits per heavy atom. The Balaban J connectivity index is 0. The molecule has 0 aromatic heterocycles. The fourth-order valence-corrected chi connectivity index (χ4v) is 0.501. The summed E-state index contributed by atoms with van der Waals surface area (Å²) in [6.07, 6.45) is 5.58. The van der Waals surface area contributed by atoms with Crippen LogP contribution in [-0.2, 0) is 0 Å². The third-order valence-electron chi connectivity index (χ3n) is 1.03. The molecule has 0 saturated heterocycles. The van der Waals surface area contributed by atoms with Gasteiger partial charge in [0.25, 0.3) is 5.70 Å². The lowest BCUT2D eigenvalue weighted by Crippen LogP contribution is -1.93. The van der Waals surface area contributed by atoms with Crippen molar-refractivity contribution in [2.24, 2.45) is 0 Å². The summed E-state index contributed by atoms with van der Waals surface area (Å²) >= 11 is 0. The minimum absolute atomic E-state index is 0.154. The molecule has 0 heterocycles. The number of rotatable bonds is 3. The average Bonchev–Trinajstić information content (AvgIpc) is 2.09. The highest BCUT2D eigenvalue weighted by Gasteiger charge is 2.00. The van der Waals surface area contributed by atoms with Crippen LogP contribution < -0.4 is 0 Å². The van der Waals surface area contributed by atoms with Crippen LogP contribution in [0.5, 0.6) is 0 Å². The first kappa shape index (κ1) is 13.5. The zero-order valence-electron chi connectivity index (χ0n) is 8.20. The van der Waals surface area contributed by atoms with Crippen LogP contribution in [0.3, 0.4) is 0 Å². The van der Waals surface area contributed by atoms with Crippen LogP contribution in [0.2, 0.25) is 0 Å². The topological polar surface area (TPSA) is 43.1 Å². The van der Waals surface area contributed by atoms with Gasteiger partial charge in [0, 0.05) is 6.08 Å². The van der Waals surface area contributed by atoms with E-state index in [0.29, 0.717) is 0 Å². The highest BCUT2D eigenvalue weighted by Crippen LogP contribution is 1.97. The fraction of sp³-hybridized carbons (Fsp3) is 0.556. The van der Waals surface area contributed by atoms with Gasteiger partial charge in [-0.2, -0.15) is 0 Å². The predicted molar refractivity (Wildman–Crippen MR) is 51.5 cm³/mol. The minimum Gasteiger partial charge on any atom is -0.258 e. The molecule has 0 rings (SSSR count). The van der Waals surface area contributed by atoms with Crippen molar-refractivity contribution < 1.29 is 4.92 Å². The van der Waals surface area contributed by atoms with Crippen molar-refractivity contribution in [3.63, 3.8) is 0 Å². The second-order valence-electron chi connectivity index (χ2n) is 1.78. The van der Waals surface area contributed by atoms with Gasteiger partial charge in [0.2, 0.25) is 0 Å². The summed E-state index contributed by atoms with van der Waals surface area (Å²) in [5.41, 5.74) is 0.154. The van der Waals surface area contributed by atoms with Crippen LogP contribution >= 0.6 is 0 Å². The van der Waals surface area contributed by atoms with Crippen LogP contribution in [0, 0.1) is 10.1 Å². The molecule has 0 amide bonds. The molecule has 0 aliphatic heterocycles. The van der Waals surface area contributed by atoms with Gasteiger partial charge < -0.3 is 0 Å². The molecule has 0 atom stereocenters. The summed E-state index contributed by atoms with van der Waals surface area (Å²) in [5, 5.41) is 10.1. The Hall–Kier alpha value is -1.12. The second kappa shape index (κ2) is 9.88. The van der Waals surface area contributed by atoms with E-state index >= 15 is 0 Å². The van der Waals surface area contributed by atoms with Crippen LogP contribution in [0.25, 0.3) is 0 Å². The van der Waals surface area contributed by atoms with E-state index in [4.69, 9.17) is 0 Å². The van der Waals surface area contributed by atoms with E-state index in [0.717, 1.165) is 6.42 Å². The second-order valence-corrected chi connectivity index (χ2v) is 1.78. The standard InChI is InChI=1S/C7H11NO2.C2H6/c1-3-5-6-7(4-2)8(9)10;1-2/h4-6H,3H2,1-2H3;1-2H3/b6-5-,7-4+;. The Labute approximate surface area is 73.9 Å². The first-order valence-corrected chi connectivity index (χ1v) is 4.19. The Morgan fingerprint density at radius 3 is 2.25 bits per heavy atom. The van der Waals surface area contributed by atoms with Crippen LogP contribution in [0.1, 0.15) is 34.1 Å². The van der Waals surface area contributed by atoms with Gasteiger partial charge in [0.15, 0.2) is 0 Å². The maximum absolute atomic E-state index is 10.1. The Kier molecular flexibility index (Phi) is 11.1. The van der Waals surface area contributed by atoms with Gasteiger partial charge in [-0.3, -0.25) is 10.1 Å². The smallest absolute Gasteiger partial charge is 0.258 e. The molecule has 0 fully saturated rings. The number of allylic oxidation sites excluding steroid dienone is 3. The van der Waals surface area contributed by atoms with Crippen molar-refractivity contribution in [3.05, 3.63) is 34.0 Å². The number of hydrogen-bond acceptors (Lipinski definition) is 2. The zero-order chi connectivity index (χ0) is 9.98. The van der Waals surface area contributed by atoms with Crippen molar-refractivity contribution in [2.75, 3.05) is 0 Å². The lowest BCUT2D eigenvalue weighted by atomic mass is 10.3. The van der Waals surface area contributed by atoms with Gasteiger partial charge in [0.05, 0.1) is 4.92 Å². The van der Waals surface area contributed by atoms with Crippen LogP contribution in [0.4, 0.5) is 0 Å². The SMILES string of the molecule is C/C=C(\C=C/CC)[N+](=O)[O-].CC. The predicted octanol–water partition coefficient (Wildman–Crippen LogP) is 3.16. The van der Waals surface area contributed by atoms with Crippen molar-refractivity contribution in [1.29, 1.82) is 0 Å². The normalized spacial score (nSPS) is 10.8. The van der Waals surface area contributed by atoms with Gasteiger partial charge in [-0.05, 0) is 19.4 Å². The summed E-state index contributed by atoms with van der Waals surface area (Å²) in [6.45, 7) is 7.59. The van der Waals surface area contributed by atoms with Gasteiger partial charge in [-0.1, -0.05) is 26.8 Å². The lowest BCUT2D eigenvalue weighted by Gasteiger charge is -1.86. The number of nitro groups is 1. The minimum atomic E-state index is -0.397. The van der Waals surface area contributed by atoms with Crippen LogP contribution in [-0.4, -0.2) is 4.92 Å². The Morgan fingerprint density at radius 1 is 1.50 bits per heavy atom. The summed E-state index contributed by atoms with van der Waals surface area (Å²) in [4.78, 5) is 9.73. The first-order valence-electron chi connectivity index (χ1n) is 4.19. The van der Waals surface area contributed by atoms with E-state index in [1.165, 1.54) is 12.2 Å². The number of nitrogens with zero attached hydrogens (tertiary/aromatic N) is 1. The van der Waals surface area contributed by atoms with Gasteiger partial charge in [-0.25, -0.2) is 0 Å². The molecular weight excluding hydrogens is 154 g/mol. The maximum atomic E-state index is 10.1. The van der Waals surface area contributed by atoms with E-state index in [9.17, 15) is 10.1 Å². The molecule has 0 aliphatic carbocycles. The van der Waals surface area contributed by atoms with E-state index in [1.807, 2.05) is 20.8 Å². The summed E-state index contributed by atoms with van der Waals surface area (Å²) in [5.74, 6) is 0. The third-order valence-corrected chi connectivity index (χ3v) is 1.03. The van der Waals surface area contributed by atoms with E-state index in [2.05, 4.69) is 0 Å². The molecular formula is C9H17NO2. The third kappa shape index (κ3) is 6.99. The molecule has 3 nitrogen and oxygen atoms in total. The molecule has 0 aliphatic rings. The van der Waals surface area contributed by atoms with Crippen molar-refractivity contribution in [1.82, 2.24) is 0 Å².